The van der Waals surface area contributed by atoms with Gasteiger partial charge in [0, 0.05) is 6.54 Å². The van der Waals surface area contributed by atoms with Gasteiger partial charge in [-0.1, -0.05) is 18.2 Å². The highest BCUT2D eigenvalue weighted by Gasteiger charge is 1.96. The Hall–Kier alpha value is -1.09. The number of hydrogen-bond acceptors (Lipinski definition) is 1. The van der Waals surface area contributed by atoms with Crippen LogP contribution in [0.2, 0.25) is 0 Å². The molecule has 1 heterocycles. The van der Waals surface area contributed by atoms with Crippen molar-refractivity contribution in [2.45, 2.75) is 20.4 Å². The molecule has 70 valence electrons. The largest absolute Gasteiger partial charge is 0.331 e. The van der Waals surface area contributed by atoms with Crippen molar-refractivity contribution in [3.8, 4) is 0 Å². The molecule has 0 aliphatic rings. The lowest BCUT2D eigenvalue weighted by molar-refractivity contribution is 0.784. The van der Waals surface area contributed by atoms with Crippen molar-refractivity contribution in [3.05, 3.63) is 28.1 Å². The van der Waals surface area contributed by atoms with Crippen LogP contribution in [-0.4, -0.2) is 9.55 Å². The molecular weight excluding hydrogens is 180 g/mol. The molecule has 0 unspecified atom stereocenters. The van der Waals surface area contributed by atoms with Crippen LogP contribution in [0.5, 0.6) is 0 Å². The minimum atomic E-state index is 0.709. The quantitative estimate of drug-likeness (QED) is 0.556. The van der Waals surface area contributed by atoms with Crippen molar-refractivity contribution in [2.24, 2.45) is 0 Å². The number of H-pyrrole nitrogens is 1. The van der Waals surface area contributed by atoms with E-state index in [0.29, 0.717) is 11.3 Å². The van der Waals surface area contributed by atoms with E-state index in [1.807, 2.05) is 24.5 Å². The number of aromatic nitrogens is 2. The number of hydrogen-bond donors (Lipinski definition) is 1. The Balaban J connectivity index is 3.59. The third kappa shape index (κ3) is 1.80. The maximum Gasteiger partial charge on any atom is 0.178 e. The summed E-state index contributed by atoms with van der Waals surface area (Å²) >= 11 is 5.15. The molecule has 13 heavy (non-hydrogen) atoms. The van der Waals surface area contributed by atoms with Crippen LogP contribution < -0.4 is 10.7 Å². The molecule has 0 saturated carbocycles. The summed E-state index contributed by atoms with van der Waals surface area (Å²) in [5, 5.41) is 1.97. The predicted octanol–water partition coefficient (Wildman–Crippen LogP) is 1.33. The van der Waals surface area contributed by atoms with Gasteiger partial charge in [-0.2, -0.15) is 0 Å². The monoisotopic (exact) mass is 194 g/mol. The second-order valence-corrected chi connectivity index (χ2v) is 3.54. The second-order valence-electron chi connectivity index (χ2n) is 3.15. The van der Waals surface area contributed by atoms with Gasteiger partial charge in [0.2, 0.25) is 0 Å². The average Bonchev–Trinajstić information content (AvgIpc) is 2.32. The third-order valence-corrected chi connectivity index (χ3v) is 2.23. The minimum absolute atomic E-state index is 0.709. The summed E-state index contributed by atoms with van der Waals surface area (Å²) in [6.45, 7) is 12.4. The van der Waals surface area contributed by atoms with Crippen molar-refractivity contribution < 1.29 is 0 Å². The van der Waals surface area contributed by atoms with Crippen LogP contribution in [0.3, 0.4) is 0 Å². The smallest absolute Gasteiger partial charge is 0.178 e. The SMILES string of the molecule is C=CCn1c(=S)[nH]c(=C(C)C)c1=C. The van der Waals surface area contributed by atoms with Gasteiger partial charge in [-0.3, -0.25) is 0 Å². The van der Waals surface area contributed by atoms with Gasteiger partial charge in [-0.25, -0.2) is 0 Å². The van der Waals surface area contributed by atoms with Crippen LogP contribution in [0, 0.1) is 4.77 Å². The maximum absolute atomic E-state index is 5.15. The van der Waals surface area contributed by atoms with E-state index in [4.69, 9.17) is 12.2 Å². The van der Waals surface area contributed by atoms with Gasteiger partial charge >= 0.3 is 0 Å². The minimum Gasteiger partial charge on any atom is -0.331 e. The van der Waals surface area contributed by atoms with Crippen LogP contribution in [-0.2, 0) is 6.54 Å². The van der Waals surface area contributed by atoms with Crippen molar-refractivity contribution in [2.75, 3.05) is 0 Å². The van der Waals surface area contributed by atoms with E-state index >= 15 is 0 Å². The third-order valence-electron chi connectivity index (χ3n) is 1.90. The molecule has 1 aromatic heterocycles. The van der Waals surface area contributed by atoms with Crippen LogP contribution >= 0.6 is 12.2 Å². The molecule has 3 heteroatoms. The van der Waals surface area contributed by atoms with Gasteiger partial charge in [-0.05, 0) is 26.1 Å². The fourth-order valence-corrected chi connectivity index (χ4v) is 1.53. The Morgan fingerprint density at radius 2 is 2.23 bits per heavy atom. The maximum atomic E-state index is 5.15. The van der Waals surface area contributed by atoms with Gasteiger partial charge in [-0.15, -0.1) is 6.58 Å². The molecule has 0 atom stereocenters. The van der Waals surface area contributed by atoms with Crippen molar-refractivity contribution in [3.63, 3.8) is 0 Å². The molecular formula is C10H14N2S. The Morgan fingerprint density at radius 3 is 2.62 bits per heavy atom. The summed E-state index contributed by atoms with van der Waals surface area (Å²) in [6, 6.07) is 0. The first-order chi connectivity index (χ1) is 6.07. The molecule has 2 nitrogen and oxygen atoms in total. The number of nitrogens with zero attached hydrogens (tertiary/aromatic N) is 1. The van der Waals surface area contributed by atoms with Gasteiger partial charge < -0.3 is 9.55 Å². The molecule has 0 bridgehead atoms. The van der Waals surface area contributed by atoms with E-state index in [9.17, 15) is 0 Å². The summed E-state index contributed by atoms with van der Waals surface area (Å²) in [5.41, 5.74) is 1.19. The first-order valence-electron chi connectivity index (χ1n) is 4.14. The van der Waals surface area contributed by atoms with Crippen LogP contribution in [0.1, 0.15) is 13.8 Å². The van der Waals surface area contributed by atoms with Gasteiger partial charge in [0.1, 0.15) is 0 Å². The molecule has 0 radical (unpaired) electrons. The molecule has 1 rings (SSSR count). The fraction of sp³-hybridized carbons (Fsp3) is 0.300. The highest BCUT2D eigenvalue weighted by atomic mass is 32.1. The van der Waals surface area contributed by atoms with E-state index in [-0.39, 0.29) is 0 Å². The van der Waals surface area contributed by atoms with Crippen molar-refractivity contribution in [1.29, 1.82) is 0 Å². The standard InChI is InChI=1S/C10H14N2S/c1-5-6-12-8(4)9(7(2)3)11-10(12)13/h5H,1,4,6H2,2-3H3,(H,11,13). The number of imidazole rings is 1. The van der Waals surface area contributed by atoms with Gasteiger partial charge in [0.25, 0.3) is 0 Å². The molecule has 0 amide bonds. The summed E-state index contributed by atoms with van der Waals surface area (Å²) in [5.74, 6) is 0. The Labute approximate surface area is 82.9 Å². The number of aromatic amines is 1. The summed E-state index contributed by atoms with van der Waals surface area (Å²) in [7, 11) is 0. The summed E-state index contributed by atoms with van der Waals surface area (Å²) in [6.07, 6.45) is 1.81. The lowest BCUT2D eigenvalue weighted by Gasteiger charge is -1.94. The molecule has 1 N–H and O–H groups in total. The number of rotatable bonds is 2. The molecule has 0 fully saturated rings. The zero-order chi connectivity index (χ0) is 10.0. The van der Waals surface area contributed by atoms with Crippen molar-refractivity contribution in [1.82, 2.24) is 9.55 Å². The normalized spacial score (nSPS) is 10.0. The Morgan fingerprint density at radius 1 is 1.62 bits per heavy atom. The Kier molecular flexibility index (Phi) is 2.88. The van der Waals surface area contributed by atoms with E-state index in [0.717, 1.165) is 10.7 Å². The first kappa shape index (κ1) is 9.99. The van der Waals surface area contributed by atoms with Crippen LogP contribution in [0.25, 0.3) is 12.2 Å². The summed E-state index contributed by atoms with van der Waals surface area (Å²) < 4.78 is 2.64. The van der Waals surface area contributed by atoms with Gasteiger partial charge in [0.15, 0.2) is 4.77 Å². The number of nitrogens with one attached hydrogen (secondary N) is 1. The molecule has 0 saturated heterocycles. The lowest BCUT2D eigenvalue weighted by Crippen LogP contribution is -2.29. The average molecular weight is 194 g/mol. The summed E-state index contributed by atoms with van der Waals surface area (Å²) in [4.78, 5) is 3.13. The number of allylic oxidation sites excluding steroid dienone is 1. The molecule has 0 aliphatic carbocycles. The lowest BCUT2D eigenvalue weighted by atomic mass is 10.3. The second kappa shape index (κ2) is 3.75. The first-order valence-corrected chi connectivity index (χ1v) is 4.55. The van der Waals surface area contributed by atoms with Crippen LogP contribution in [0.15, 0.2) is 12.7 Å². The Bertz CT molecular complexity index is 472. The highest BCUT2D eigenvalue weighted by Crippen LogP contribution is 1.85. The van der Waals surface area contributed by atoms with E-state index < -0.39 is 0 Å². The van der Waals surface area contributed by atoms with E-state index in [1.54, 1.807) is 0 Å². The topological polar surface area (TPSA) is 20.7 Å². The zero-order valence-electron chi connectivity index (χ0n) is 8.05. The van der Waals surface area contributed by atoms with E-state index in [1.165, 1.54) is 5.57 Å². The molecule has 0 spiro atoms. The molecule has 1 aromatic rings. The van der Waals surface area contributed by atoms with Crippen LogP contribution in [0.4, 0.5) is 0 Å². The van der Waals surface area contributed by atoms with Gasteiger partial charge in [0.05, 0.1) is 10.7 Å². The molecule has 0 aromatic carbocycles. The fourth-order valence-electron chi connectivity index (χ4n) is 1.24. The zero-order valence-corrected chi connectivity index (χ0v) is 8.87. The highest BCUT2D eigenvalue weighted by molar-refractivity contribution is 7.71. The molecule has 0 aliphatic heterocycles. The predicted molar refractivity (Wildman–Crippen MR) is 59.3 cm³/mol. The van der Waals surface area contributed by atoms with E-state index in [2.05, 4.69) is 18.1 Å². The van der Waals surface area contributed by atoms with Crippen molar-refractivity contribution >= 4 is 24.4 Å².